The van der Waals surface area contributed by atoms with E-state index < -0.39 is 0 Å². The summed E-state index contributed by atoms with van der Waals surface area (Å²) in [5.41, 5.74) is -0.320. The molecule has 3 heteroatoms. The molecule has 1 aliphatic heterocycles. The van der Waals surface area contributed by atoms with E-state index in [9.17, 15) is 0 Å². The number of unbranched alkanes of at least 4 members (excludes halogenated alkanes) is 3. The van der Waals surface area contributed by atoms with E-state index in [4.69, 9.17) is 14.2 Å². The Labute approximate surface area is 150 Å². The van der Waals surface area contributed by atoms with Crippen LogP contribution in [0.5, 0.6) is 0 Å². The summed E-state index contributed by atoms with van der Waals surface area (Å²) in [6.45, 7) is 15.7. The first-order chi connectivity index (χ1) is 11.3. The third-order valence-electron chi connectivity index (χ3n) is 4.81. The number of epoxide rings is 1. The number of hydrogen-bond donors (Lipinski definition) is 0. The van der Waals surface area contributed by atoms with Gasteiger partial charge >= 0.3 is 0 Å². The molecular formula is C21H42O3. The molecule has 0 saturated carbocycles. The van der Waals surface area contributed by atoms with Crippen LogP contribution in [0.4, 0.5) is 0 Å². The van der Waals surface area contributed by atoms with Crippen LogP contribution in [0, 0.1) is 5.92 Å². The molecule has 1 fully saturated rings. The van der Waals surface area contributed by atoms with E-state index in [1.165, 1.54) is 44.9 Å². The van der Waals surface area contributed by atoms with Gasteiger partial charge in [-0.3, -0.25) is 0 Å². The predicted octanol–water partition coefficient (Wildman–Crippen LogP) is 5.75. The van der Waals surface area contributed by atoms with Crippen molar-refractivity contribution in [3.63, 3.8) is 0 Å². The number of ether oxygens (including phenoxy) is 3. The highest BCUT2D eigenvalue weighted by Gasteiger charge is 2.33. The first-order valence-corrected chi connectivity index (χ1v) is 10.2. The van der Waals surface area contributed by atoms with Crippen LogP contribution in [0.3, 0.4) is 0 Å². The highest BCUT2D eigenvalue weighted by molar-refractivity contribution is 4.83. The molecule has 0 spiro atoms. The van der Waals surface area contributed by atoms with Crippen molar-refractivity contribution in [2.45, 2.75) is 110 Å². The summed E-state index contributed by atoms with van der Waals surface area (Å²) >= 11 is 0. The summed E-state index contributed by atoms with van der Waals surface area (Å²) in [5.74, 6) is 0.708. The molecule has 2 atom stereocenters. The minimum absolute atomic E-state index is 0.150. The summed E-state index contributed by atoms with van der Waals surface area (Å²) < 4.78 is 17.6. The van der Waals surface area contributed by atoms with E-state index in [0.29, 0.717) is 18.6 Å². The minimum atomic E-state index is -0.170. The molecule has 0 amide bonds. The zero-order chi connectivity index (χ0) is 18.1. The van der Waals surface area contributed by atoms with Gasteiger partial charge in [0.05, 0.1) is 31.0 Å². The molecular weight excluding hydrogens is 300 g/mol. The fourth-order valence-electron chi connectivity index (χ4n) is 3.44. The maximum Gasteiger partial charge on any atom is 0.104 e. The van der Waals surface area contributed by atoms with Crippen molar-refractivity contribution in [1.82, 2.24) is 0 Å². The highest BCUT2D eigenvalue weighted by atomic mass is 16.6. The topological polar surface area (TPSA) is 31.0 Å². The quantitative estimate of drug-likeness (QED) is 0.280. The third kappa shape index (κ3) is 10.7. The standard InChI is InChI=1S/C21H42O3/c1-7-9-11-13-18(12-10-8-2)14-23-20(3,4)17-21(5,6)24-16-19-15-22-19/h18-19H,7-17H2,1-6H3. The SMILES string of the molecule is CCCCCC(CCCC)COC(C)(C)CC(C)(C)OCC1CO1. The number of hydrogen-bond acceptors (Lipinski definition) is 3. The Balaban J connectivity index is 2.36. The summed E-state index contributed by atoms with van der Waals surface area (Å²) in [6, 6.07) is 0. The number of rotatable bonds is 15. The van der Waals surface area contributed by atoms with Crippen molar-refractivity contribution in [3.8, 4) is 0 Å². The smallest absolute Gasteiger partial charge is 0.104 e. The van der Waals surface area contributed by atoms with Gasteiger partial charge in [-0.2, -0.15) is 0 Å². The van der Waals surface area contributed by atoms with Crippen molar-refractivity contribution >= 4 is 0 Å². The molecule has 0 aromatic heterocycles. The Morgan fingerprint density at radius 3 is 2.08 bits per heavy atom. The van der Waals surface area contributed by atoms with Crippen LogP contribution in [0.2, 0.25) is 0 Å². The molecule has 3 nitrogen and oxygen atoms in total. The fourth-order valence-corrected chi connectivity index (χ4v) is 3.44. The van der Waals surface area contributed by atoms with Gasteiger partial charge in [0.15, 0.2) is 0 Å². The second-order valence-corrected chi connectivity index (χ2v) is 8.78. The normalized spacial score (nSPS) is 19.5. The Morgan fingerprint density at radius 2 is 1.50 bits per heavy atom. The molecule has 0 aromatic rings. The average molecular weight is 343 g/mol. The Bertz CT molecular complexity index is 321. The second kappa shape index (κ2) is 10.8. The Hall–Kier alpha value is -0.120. The molecule has 0 bridgehead atoms. The van der Waals surface area contributed by atoms with Crippen molar-refractivity contribution < 1.29 is 14.2 Å². The van der Waals surface area contributed by atoms with Gasteiger partial charge in [0.2, 0.25) is 0 Å². The predicted molar refractivity (Wildman–Crippen MR) is 102 cm³/mol. The molecule has 0 aromatic carbocycles. The van der Waals surface area contributed by atoms with Crippen molar-refractivity contribution in [2.24, 2.45) is 5.92 Å². The Morgan fingerprint density at radius 1 is 0.917 bits per heavy atom. The van der Waals surface area contributed by atoms with Gasteiger partial charge in [-0.25, -0.2) is 0 Å². The van der Waals surface area contributed by atoms with Crippen molar-refractivity contribution in [3.05, 3.63) is 0 Å². The van der Waals surface area contributed by atoms with Crippen LogP contribution in [0.1, 0.15) is 92.9 Å². The van der Waals surface area contributed by atoms with Crippen LogP contribution in [-0.2, 0) is 14.2 Å². The zero-order valence-corrected chi connectivity index (χ0v) is 17.2. The lowest BCUT2D eigenvalue weighted by Crippen LogP contribution is -2.39. The lowest BCUT2D eigenvalue weighted by molar-refractivity contribution is -0.110. The van der Waals surface area contributed by atoms with Crippen LogP contribution >= 0.6 is 0 Å². The zero-order valence-electron chi connectivity index (χ0n) is 17.2. The largest absolute Gasteiger partial charge is 0.375 e. The average Bonchev–Trinajstić information content (AvgIpc) is 3.31. The maximum absolute atomic E-state index is 6.37. The van der Waals surface area contributed by atoms with Gasteiger partial charge in [-0.15, -0.1) is 0 Å². The highest BCUT2D eigenvalue weighted by Crippen LogP contribution is 2.29. The Kier molecular flexibility index (Phi) is 9.84. The van der Waals surface area contributed by atoms with E-state index in [2.05, 4.69) is 41.5 Å². The van der Waals surface area contributed by atoms with Crippen molar-refractivity contribution in [2.75, 3.05) is 19.8 Å². The van der Waals surface area contributed by atoms with Gasteiger partial charge in [-0.05, 0) is 46.5 Å². The van der Waals surface area contributed by atoms with Gasteiger partial charge in [-0.1, -0.05) is 46.0 Å². The van der Waals surface area contributed by atoms with Gasteiger partial charge in [0.25, 0.3) is 0 Å². The van der Waals surface area contributed by atoms with Crippen LogP contribution in [-0.4, -0.2) is 37.1 Å². The molecule has 1 heterocycles. The minimum Gasteiger partial charge on any atom is -0.375 e. The monoisotopic (exact) mass is 342 g/mol. The molecule has 0 aliphatic carbocycles. The first-order valence-electron chi connectivity index (χ1n) is 10.2. The molecule has 1 saturated heterocycles. The molecule has 24 heavy (non-hydrogen) atoms. The van der Waals surface area contributed by atoms with E-state index in [-0.39, 0.29) is 11.2 Å². The van der Waals surface area contributed by atoms with E-state index in [1.54, 1.807) is 0 Å². The van der Waals surface area contributed by atoms with Crippen LogP contribution in [0.25, 0.3) is 0 Å². The van der Waals surface area contributed by atoms with Crippen LogP contribution < -0.4 is 0 Å². The van der Waals surface area contributed by atoms with Gasteiger partial charge in [0, 0.05) is 6.42 Å². The second-order valence-electron chi connectivity index (χ2n) is 8.78. The first kappa shape index (κ1) is 21.9. The summed E-state index contributed by atoms with van der Waals surface area (Å²) in [6.07, 6.45) is 10.4. The summed E-state index contributed by atoms with van der Waals surface area (Å²) in [5, 5.41) is 0. The molecule has 144 valence electrons. The lowest BCUT2D eigenvalue weighted by atomic mass is 9.91. The molecule has 1 rings (SSSR count). The van der Waals surface area contributed by atoms with E-state index >= 15 is 0 Å². The lowest BCUT2D eigenvalue weighted by Gasteiger charge is -2.36. The molecule has 0 N–H and O–H groups in total. The van der Waals surface area contributed by atoms with Crippen molar-refractivity contribution in [1.29, 1.82) is 0 Å². The molecule has 1 aliphatic rings. The van der Waals surface area contributed by atoms with E-state index in [0.717, 1.165) is 19.6 Å². The molecule has 0 radical (unpaired) electrons. The molecule has 2 unspecified atom stereocenters. The third-order valence-corrected chi connectivity index (χ3v) is 4.81. The van der Waals surface area contributed by atoms with E-state index in [1.807, 2.05) is 0 Å². The van der Waals surface area contributed by atoms with Gasteiger partial charge < -0.3 is 14.2 Å². The van der Waals surface area contributed by atoms with Gasteiger partial charge in [0.1, 0.15) is 6.10 Å². The maximum atomic E-state index is 6.37. The summed E-state index contributed by atoms with van der Waals surface area (Å²) in [7, 11) is 0. The summed E-state index contributed by atoms with van der Waals surface area (Å²) in [4.78, 5) is 0. The fraction of sp³-hybridized carbons (Fsp3) is 1.00. The van der Waals surface area contributed by atoms with Crippen LogP contribution in [0.15, 0.2) is 0 Å².